The van der Waals surface area contributed by atoms with Crippen molar-refractivity contribution < 1.29 is 19.0 Å². The summed E-state index contributed by atoms with van der Waals surface area (Å²) in [5.74, 6) is 1.15. The van der Waals surface area contributed by atoms with Gasteiger partial charge >= 0.3 is 6.09 Å². The monoisotopic (exact) mass is 287 g/mol. The molecule has 2 rings (SSSR count). The number of methoxy groups -OCH3 is 1. The van der Waals surface area contributed by atoms with Crippen LogP contribution in [0.15, 0.2) is 54.6 Å². The van der Waals surface area contributed by atoms with Crippen molar-refractivity contribution in [2.75, 3.05) is 25.6 Å². The predicted octanol–water partition coefficient (Wildman–Crippen LogP) is 3.32. The molecule has 0 saturated heterocycles. The molecule has 0 atom stereocenters. The zero-order valence-corrected chi connectivity index (χ0v) is 11.7. The van der Waals surface area contributed by atoms with E-state index >= 15 is 0 Å². The van der Waals surface area contributed by atoms with Gasteiger partial charge in [-0.05, 0) is 24.3 Å². The summed E-state index contributed by atoms with van der Waals surface area (Å²) in [6.45, 7) is 0.960. The van der Waals surface area contributed by atoms with Crippen molar-refractivity contribution >= 4 is 11.8 Å². The van der Waals surface area contributed by atoms with Crippen LogP contribution in [-0.4, -0.2) is 26.4 Å². The number of ether oxygens (including phenoxy) is 3. The lowest BCUT2D eigenvalue weighted by Gasteiger charge is -2.09. The number of amides is 1. The van der Waals surface area contributed by atoms with Crippen LogP contribution in [0.3, 0.4) is 0 Å². The first kappa shape index (κ1) is 14.9. The van der Waals surface area contributed by atoms with Crippen LogP contribution in [0.25, 0.3) is 0 Å². The van der Waals surface area contributed by atoms with E-state index in [2.05, 4.69) is 5.32 Å². The minimum Gasteiger partial charge on any atom is -0.491 e. The van der Waals surface area contributed by atoms with E-state index in [0.717, 1.165) is 0 Å². The Morgan fingerprint density at radius 2 is 1.76 bits per heavy atom. The molecule has 1 N–H and O–H groups in total. The Bertz CT molecular complexity index is 571. The highest BCUT2D eigenvalue weighted by Crippen LogP contribution is 2.18. The molecule has 0 aliphatic carbocycles. The van der Waals surface area contributed by atoms with Gasteiger partial charge in [-0.25, -0.2) is 4.79 Å². The average molecular weight is 287 g/mol. The van der Waals surface area contributed by atoms with Crippen LogP contribution < -0.4 is 14.8 Å². The maximum atomic E-state index is 11.8. The Balaban J connectivity index is 1.90. The fourth-order valence-electron chi connectivity index (χ4n) is 1.65. The quantitative estimate of drug-likeness (QED) is 0.828. The zero-order chi connectivity index (χ0) is 14.9. The number of benzene rings is 2. The standard InChI is InChI=1S/C16H17NO4/c1-19-10-11-20-15-9-5-6-13(12-15)17-16(18)21-14-7-3-2-4-8-14/h2-9,12H,10-11H2,1H3,(H,17,18). The van der Waals surface area contributed by atoms with Gasteiger partial charge in [-0.2, -0.15) is 0 Å². The number of rotatable bonds is 6. The smallest absolute Gasteiger partial charge is 0.417 e. The van der Waals surface area contributed by atoms with E-state index in [1.54, 1.807) is 49.6 Å². The molecule has 0 fully saturated rings. The molecule has 0 unspecified atom stereocenters. The van der Waals surface area contributed by atoms with Gasteiger partial charge in [-0.3, -0.25) is 5.32 Å². The molecule has 1 amide bonds. The van der Waals surface area contributed by atoms with E-state index in [9.17, 15) is 4.79 Å². The van der Waals surface area contributed by atoms with Gasteiger partial charge in [0.05, 0.1) is 6.61 Å². The summed E-state index contributed by atoms with van der Waals surface area (Å²) in [6, 6.07) is 16.0. The number of hydrogen-bond acceptors (Lipinski definition) is 4. The molecule has 2 aromatic carbocycles. The zero-order valence-electron chi connectivity index (χ0n) is 11.7. The molecule has 0 heterocycles. The van der Waals surface area contributed by atoms with Crippen LogP contribution in [0.4, 0.5) is 10.5 Å². The molecule has 5 nitrogen and oxygen atoms in total. The van der Waals surface area contributed by atoms with Crippen molar-refractivity contribution in [3.63, 3.8) is 0 Å². The van der Waals surface area contributed by atoms with Crippen molar-refractivity contribution in [3.05, 3.63) is 54.6 Å². The van der Waals surface area contributed by atoms with Crippen LogP contribution >= 0.6 is 0 Å². The Hall–Kier alpha value is -2.53. The van der Waals surface area contributed by atoms with Crippen molar-refractivity contribution in [3.8, 4) is 11.5 Å². The first-order chi connectivity index (χ1) is 10.3. The fourth-order valence-corrected chi connectivity index (χ4v) is 1.65. The number of anilines is 1. The molecule has 0 bridgehead atoms. The molecule has 5 heteroatoms. The second-order valence-corrected chi connectivity index (χ2v) is 4.20. The third-order valence-corrected chi connectivity index (χ3v) is 2.59. The minimum atomic E-state index is -0.546. The van der Waals surface area contributed by atoms with Gasteiger partial charge in [0.2, 0.25) is 0 Å². The highest BCUT2D eigenvalue weighted by atomic mass is 16.6. The Kier molecular flexibility index (Phi) is 5.60. The first-order valence-corrected chi connectivity index (χ1v) is 6.53. The second kappa shape index (κ2) is 7.91. The second-order valence-electron chi connectivity index (χ2n) is 4.20. The van der Waals surface area contributed by atoms with Crippen molar-refractivity contribution in [1.82, 2.24) is 0 Å². The lowest BCUT2D eigenvalue weighted by molar-refractivity contribution is 0.146. The molecule has 0 saturated carbocycles. The number of carbonyl (C=O) groups excluding carboxylic acids is 1. The molecule has 110 valence electrons. The summed E-state index contributed by atoms with van der Waals surface area (Å²) >= 11 is 0. The van der Waals surface area contributed by atoms with Crippen LogP contribution in [0.1, 0.15) is 0 Å². The van der Waals surface area contributed by atoms with E-state index in [4.69, 9.17) is 14.2 Å². The van der Waals surface area contributed by atoms with Crippen LogP contribution in [0, 0.1) is 0 Å². The van der Waals surface area contributed by atoms with E-state index in [-0.39, 0.29) is 0 Å². The Morgan fingerprint density at radius 3 is 2.52 bits per heavy atom. The fraction of sp³-hybridized carbons (Fsp3) is 0.188. The van der Waals surface area contributed by atoms with Gasteiger partial charge in [0.15, 0.2) is 0 Å². The minimum absolute atomic E-state index is 0.453. The van der Waals surface area contributed by atoms with Crippen molar-refractivity contribution in [2.24, 2.45) is 0 Å². The van der Waals surface area contributed by atoms with Gasteiger partial charge in [0.25, 0.3) is 0 Å². The molecular weight excluding hydrogens is 270 g/mol. The maximum Gasteiger partial charge on any atom is 0.417 e. The van der Waals surface area contributed by atoms with Crippen molar-refractivity contribution in [1.29, 1.82) is 0 Å². The van der Waals surface area contributed by atoms with Crippen molar-refractivity contribution in [2.45, 2.75) is 0 Å². The Morgan fingerprint density at radius 1 is 1.00 bits per heavy atom. The van der Waals surface area contributed by atoms with Gasteiger partial charge in [0, 0.05) is 18.9 Å². The molecule has 0 aliphatic heterocycles. The van der Waals surface area contributed by atoms with Crippen LogP contribution in [0.2, 0.25) is 0 Å². The van der Waals surface area contributed by atoms with Gasteiger partial charge in [0.1, 0.15) is 18.1 Å². The van der Waals surface area contributed by atoms with Gasteiger partial charge in [-0.15, -0.1) is 0 Å². The summed E-state index contributed by atoms with van der Waals surface area (Å²) in [4.78, 5) is 11.8. The van der Waals surface area contributed by atoms with Gasteiger partial charge in [-0.1, -0.05) is 24.3 Å². The molecule has 0 aliphatic rings. The molecular formula is C16H17NO4. The maximum absolute atomic E-state index is 11.8. The molecule has 0 aromatic heterocycles. The van der Waals surface area contributed by atoms with Gasteiger partial charge < -0.3 is 14.2 Å². The Labute approximate surface area is 123 Å². The third-order valence-electron chi connectivity index (χ3n) is 2.59. The lowest BCUT2D eigenvalue weighted by atomic mass is 10.3. The highest BCUT2D eigenvalue weighted by Gasteiger charge is 2.05. The van der Waals surface area contributed by atoms with E-state index < -0.39 is 6.09 Å². The van der Waals surface area contributed by atoms with Crippen LogP contribution in [-0.2, 0) is 4.74 Å². The molecule has 0 radical (unpaired) electrons. The van der Waals surface area contributed by atoms with E-state index in [1.807, 2.05) is 12.1 Å². The molecule has 21 heavy (non-hydrogen) atoms. The molecule has 0 spiro atoms. The molecule has 2 aromatic rings. The number of nitrogens with one attached hydrogen (secondary N) is 1. The normalized spacial score (nSPS) is 9.95. The van der Waals surface area contributed by atoms with E-state index in [1.165, 1.54) is 0 Å². The van der Waals surface area contributed by atoms with E-state index in [0.29, 0.717) is 30.4 Å². The SMILES string of the molecule is COCCOc1cccc(NC(=O)Oc2ccccc2)c1. The summed E-state index contributed by atoms with van der Waals surface area (Å²) in [5, 5.41) is 2.65. The highest BCUT2D eigenvalue weighted by molar-refractivity contribution is 5.86. The lowest BCUT2D eigenvalue weighted by Crippen LogP contribution is -2.16. The first-order valence-electron chi connectivity index (χ1n) is 6.53. The number of carbonyl (C=O) groups is 1. The third kappa shape index (κ3) is 5.16. The average Bonchev–Trinajstić information content (AvgIpc) is 2.49. The van der Waals surface area contributed by atoms with Crippen LogP contribution in [0.5, 0.6) is 11.5 Å². The summed E-state index contributed by atoms with van der Waals surface area (Å²) in [6.07, 6.45) is -0.546. The number of hydrogen-bond donors (Lipinski definition) is 1. The largest absolute Gasteiger partial charge is 0.491 e. The predicted molar refractivity (Wildman–Crippen MR) is 79.9 cm³/mol. The summed E-state index contributed by atoms with van der Waals surface area (Å²) in [7, 11) is 1.61. The summed E-state index contributed by atoms with van der Waals surface area (Å²) in [5.41, 5.74) is 0.603. The number of para-hydroxylation sites is 1. The summed E-state index contributed by atoms with van der Waals surface area (Å²) < 4.78 is 15.5. The topological polar surface area (TPSA) is 56.8 Å².